The van der Waals surface area contributed by atoms with Crippen LogP contribution >= 0.6 is 0 Å². The summed E-state index contributed by atoms with van der Waals surface area (Å²) in [6, 6.07) is 6.00. The molecule has 3 heterocycles. The second-order valence-corrected chi connectivity index (χ2v) is 8.77. The number of carbonyl (C=O) groups excluding carboxylic acids is 1. The van der Waals surface area contributed by atoms with Gasteiger partial charge in [0.05, 0.1) is 30.6 Å². The highest BCUT2D eigenvalue weighted by Gasteiger charge is 2.45. The van der Waals surface area contributed by atoms with Crippen LogP contribution in [-0.2, 0) is 25.7 Å². The highest BCUT2D eigenvalue weighted by molar-refractivity contribution is 5.77. The lowest BCUT2D eigenvalue weighted by Gasteiger charge is -2.39. The quantitative estimate of drug-likeness (QED) is 0.727. The molecule has 0 aromatic carbocycles. The summed E-state index contributed by atoms with van der Waals surface area (Å²) in [5.74, 6) is -1.79. The average molecular weight is 458 g/mol. The van der Waals surface area contributed by atoms with Crippen LogP contribution in [0.2, 0.25) is 0 Å². The minimum atomic E-state index is -5.08. The van der Waals surface area contributed by atoms with Crippen molar-refractivity contribution >= 4 is 11.9 Å². The zero-order chi connectivity index (χ0) is 23.4. The van der Waals surface area contributed by atoms with Crippen molar-refractivity contribution in [2.24, 2.45) is 5.92 Å². The molecule has 4 rings (SSSR count). The van der Waals surface area contributed by atoms with Gasteiger partial charge < -0.3 is 19.5 Å². The van der Waals surface area contributed by atoms with Gasteiger partial charge in [0.15, 0.2) is 0 Å². The van der Waals surface area contributed by atoms with Crippen LogP contribution in [0.5, 0.6) is 0 Å². The summed E-state index contributed by atoms with van der Waals surface area (Å²) in [7, 11) is 0. The Morgan fingerprint density at radius 1 is 1.34 bits per heavy atom. The fraction of sp³-hybridized carbons (Fsp3) is 0.682. The van der Waals surface area contributed by atoms with E-state index in [2.05, 4.69) is 4.98 Å². The van der Waals surface area contributed by atoms with E-state index in [1.807, 2.05) is 30.0 Å². The number of hydrogen-bond donors (Lipinski definition) is 1. The number of carboxylic acids is 1. The zero-order valence-corrected chi connectivity index (χ0v) is 18.1. The van der Waals surface area contributed by atoms with Crippen molar-refractivity contribution < 1.29 is 37.3 Å². The number of alkyl halides is 3. The Labute approximate surface area is 184 Å². The first-order valence-electron chi connectivity index (χ1n) is 10.8. The summed E-state index contributed by atoms with van der Waals surface area (Å²) in [6.45, 7) is 4.76. The molecule has 178 valence electrons. The summed E-state index contributed by atoms with van der Waals surface area (Å²) in [5, 5.41) is 7.12. The number of aliphatic carboxylic acids is 1. The van der Waals surface area contributed by atoms with Gasteiger partial charge in [-0.05, 0) is 50.7 Å². The van der Waals surface area contributed by atoms with Gasteiger partial charge in [-0.25, -0.2) is 4.79 Å². The molecule has 1 spiro atoms. The molecular weight excluding hydrogens is 429 g/mol. The first kappa shape index (κ1) is 24.4. The Hall–Kier alpha value is -2.20. The Kier molecular flexibility index (Phi) is 7.76. The van der Waals surface area contributed by atoms with Gasteiger partial charge in [-0.2, -0.15) is 13.2 Å². The van der Waals surface area contributed by atoms with Crippen molar-refractivity contribution in [1.29, 1.82) is 0 Å². The van der Waals surface area contributed by atoms with Crippen LogP contribution in [0, 0.1) is 12.8 Å². The SMILES string of the molecule is Cc1cccc(CO[C@@H]2CO[C@@]3(CCCN(C(=O)CC4CC4)C3)C2)n1.O=C(O)C(F)(F)F. The second kappa shape index (κ2) is 10.2. The zero-order valence-electron chi connectivity index (χ0n) is 18.1. The summed E-state index contributed by atoms with van der Waals surface area (Å²) in [6.07, 6.45) is 1.14. The van der Waals surface area contributed by atoms with Crippen LogP contribution < -0.4 is 0 Å². The van der Waals surface area contributed by atoms with Gasteiger partial charge in [0.25, 0.3) is 0 Å². The molecule has 7 nitrogen and oxygen atoms in total. The predicted molar refractivity (Wildman–Crippen MR) is 108 cm³/mol. The van der Waals surface area contributed by atoms with Gasteiger partial charge in [-0.1, -0.05) is 6.07 Å². The number of carboxylic acid groups (broad SMARTS) is 1. The van der Waals surface area contributed by atoms with Crippen LogP contribution in [0.15, 0.2) is 18.2 Å². The van der Waals surface area contributed by atoms with Gasteiger partial charge >= 0.3 is 12.1 Å². The number of aryl methyl sites for hydroxylation is 1. The first-order chi connectivity index (χ1) is 15.1. The molecule has 0 bridgehead atoms. The maximum absolute atomic E-state index is 12.4. The van der Waals surface area contributed by atoms with Crippen molar-refractivity contribution in [3.63, 3.8) is 0 Å². The number of hydrogen-bond acceptors (Lipinski definition) is 5. The van der Waals surface area contributed by atoms with E-state index < -0.39 is 12.1 Å². The van der Waals surface area contributed by atoms with Crippen LogP contribution in [0.1, 0.15) is 49.9 Å². The molecule has 3 fully saturated rings. The van der Waals surface area contributed by atoms with Gasteiger partial charge in [-0.3, -0.25) is 9.78 Å². The molecule has 2 saturated heterocycles. The fourth-order valence-corrected chi connectivity index (χ4v) is 4.09. The highest BCUT2D eigenvalue weighted by Crippen LogP contribution is 2.38. The third-order valence-electron chi connectivity index (χ3n) is 5.88. The second-order valence-electron chi connectivity index (χ2n) is 8.77. The fourth-order valence-electron chi connectivity index (χ4n) is 4.09. The number of nitrogens with zero attached hydrogens (tertiary/aromatic N) is 2. The number of pyridine rings is 1. The van der Waals surface area contributed by atoms with Crippen molar-refractivity contribution in [2.75, 3.05) is 19.7 Å². The standard InChI is InChI=1S/C20H28N2O3.C2HF3O2/c1-15-4-2-5-17(21-15)12-24-18-11-20(25-13-18)8-3-9-22(14-20)19(23)10-16-6-7-16;3-2(4,5)1(6)7/h2,4-5,16,18H,3,6-14H2,1H3;(H,6,7)/t18-,20-;/m0./s1. The number of amides is 1. The molecule has 1 N–H and O–H groups in total. The largest absolute Gasteiger partial charge is 0.490 e. The molecule has 32 heavy (non-hydrogen) atoms. The van der Waals surface area contributed by atoms with Crippen LogP contribution in [-0.4, -0.2) is 64.4 Å². The number of aromatic nitrogens is 1. The van der Waals surface area contributed by atoms with E-state index in [1.54, 1.807) is 0 Å². The number of likely N-dealkylation sites (tertiary alicyclic amines) is 1. The maximum atomic E-state index is 12.4. The molecule has 10 heteroatoms. The normalized spacial score (nSPS) is 25.4. The summed E-state index contributed by atoms with van der Waals surface area (Å²) < 4.78 is 44.0. The minimum Gasteiger partial charge on any atom is -0.475 e. The van der Waals surface area contributed by atoms with E-state index in [4.69, 9.17) is 19.4 Å². The number of halogens is 3. The van der Waals surface area contributed by atoms with Crippen LogP contribution in [0.25, 0.3) is 0 Å². The lowest BCUT2D eigenvalue weighted by molar-refractivity contribution is -0.192. The van der Waals surface area contributed by atoms with Gasteiger partial charge in [0.2, 0.25) is 5.91 Å². The van der Waals surface area contributed by atoms with Gasteiger partial charge in [-0.15, -0.1) is 0 Å². The van der Waals surface area contributed by atoms with E-state index in [0.717, 1.165) is 50.2 Å². The van der Waals surface area contributed by atoms with Gasteiger partial charge in [0.1, 0.15) is 0 Å². The number of piperidine rings is 1. The molecule has 1 aromatic heterocycles. The smallest absolute Gasteiger partial charge is 0.475 e. The minimum absolute atomic E-state index is 0.0980. The molecular formula is C22H29F3N2O5. The molecule has 1 aliphatic carbocycles. The number of carbonyl (C=O) groups is 2. The Balaban J connectivity index is 0.000000360. The van der Waals surface area contributed by atoms with E-state index in [1.165, 1.54) is 12.8 Å². The monoisotopic (exact) mass is 458 g/mol. The third-order valence-corrected chi connectivity index (χ3v) is 5.88. The lowest BCUT2D eigenvalue weighted by atomic mass is 9.89. The molecule has 0 unspecified atom stereocenters. The first-order valence-corrected chi connectivity index (χ1v) is 10.8. The van der Waals surface area contributed by atoms with Crippen molar-refractivity contribution in [3.05, 3.63) is 29.6 Å². The summed E-state index contributed by atoms with van der Waals surface area (Å²) in [5.41, 5.74) is 1.78. The molecule has 2 aliphatic heterocycles. The number of rotatable bonds is 5. The molecule has 3 aliphatic rings. The Bertz CT molecular complexity index is 815. The van der Waals surface area contributed by atoms with E-state index >= 15 is 0 Å². The maximum Gasteiger partial charge on any atom is 0.490 e. The van der Waals surface area contributed by atoms with E-state index in [-0.39, 0.29) is 11.7 Å². The molecule has 0 radical (unpaired) electrons. The Morgan fingerprint density at radius 3 is 2.69 bits per heavy atom. The lowest BCUT2D eigenvalue weighted by Crippen LogP contribution is -2.50. The molecule has 1 amide bonds. The highest BCUT2D eigenvalue weighted by atomic mass is 19.4. The topological polar surface area (TPSA) is 89.0 Å². The molecule has 1 saturated carbocycles. The predicted octanol–water partition coefficient (Wildman–Crippen LogP) is 3.49. The van der Waals surface area contributed by atoms with Crippen molar-refractivity contribution in [2.45, 2.75) is 69.9 Å². The van der Waals surface area contributed by atoms with Crippen LogP contribution in [0.3, 0.4) is 0 Å². The summed E-state index contributed by atoms with van der Waals surface area (Å²) in [4.78, 5) is 27.9. The van der Waals surface area contributed by atoms with E-state index in [0.29, 0.717) is 25.0 Å². The van der Waals surface area contributed by atoms with E-state index in [9.17, 15) is 18.0 Å². The van der Waals surface area contributed by atoms with Crippen molar-refractivity contribution in [1.82, 2.24) is 9.88 Å². The van der Waals surface area contributed by atoms with Gasteiger partial charge in [0, 0.05) is 31.6 Å². The Morgan fingerprint density at radius 2 is 2.06 bits per heavy atom. The molecule has 2 atom stereocenters. The average Bonchev–Trinajstić information content (AvgIpc) is 3.46. The summed E-state index contributed by atoms with van der Waals surface area (Å²) >= 11 is 0. The van der Waals surface area contributed by atoms with Crippen LogP contribution in [0.4, 0.5) is 13.2 Å². The molecule has 1 aromatic rings. The number of ether oxygens (including phenoxy) is 2. The van der Waals surface area contributed by atoms with Crippen molar-refractivity contribution in [3.8, 4) is 0 Å². The third kappa shape index (κ3) is 7.16.